The molecule has 0 saturated heterocycles. The maximum atomic E-state index is 13.0. The summed E-state index contributed by atoms with van der Waals surface area (Å²) in [4.78, 5) is 24.6. The molecule has 0 aliphatic rings. The van der Waals surface area contributed by atoms with Gasteiger partial charge < -0.3 is 10.6 Å². The van der Waals surface area contributed by atoms with Crippen molar-refractivity contribution in [3.05, 3.63) is 72.0 Å². The molecule has 0 fully saturated rings. The van der Waals surface area contributed by atoms with Crippen molar-refractivity contribution < 1.29 is 14.0 Å². The number of fused-ring (bicyclic) bond motifs is 1. The molecule has 0 aliphatic carbocycles. The Morgan fingerprint density at radius 3 is 1.96 bits per heavy atom. The number of rotatable bonds is 5. The minimum absolute atomic E-state index is 0.0433. The molecule has 0 spiro atoms. The van der Waals surface area contributed by atoms with E-state index in [4.69, 9.17) is 0 Å². The fraction of sp³-hybridized carbons (Fsp3) is 0.182. The molecule has 0 unspecified atom stereocenters. The summed E-state index contributed by atoms with van der Waals surface area (Å²) < 4.78 is 13.0. The van der Waals surface area contributed by atoms with E-state index in [0.717, 1.165) is 10.8 Å². The number of hydrogen-bond acceptors (Lipinski definition) is 2. The Hall–Kier alpha value is -3.21. The van der Waals surface area contributed by atoms with Crippen molar-refractivity contribution in [2.75, 3.05) is 10.6 Å². The first-order valence-electron chi connectivity index (χ1n) is 8.82. The third-order valence-corrected chi connectivity index (χ3v) is 4.14. The summed E-state index contributed by atoms with van der Waals surface area (Å²) in [6, 6.07) is 16.4. The molecule has 0 aliphatic heterocycles. The first-order valence-corrected chi connectivity index (χ1v) is 8.82. The maximum absolute atomic E-state index is 13.0. The van der Waals surface area contributed by atoms with Crippen LogP contribution in [0.15, 0.2) is 60.7 Å². The average molecular weight is 364 g/mol. The highest BCUT2D eigenvalue weighted by Crippen LogP contribution is 2.30. The molecule has 2 N–H and O–H groups in total. The Labute approximate surface area is 157 Å². The van der Waals surface area contributed by atoms with Crippen LogP contribution in [0.5, 0.6) is 0 Å². The van der Waals surface area contributed by atoms with E-state index in [0.29, 0.717) is 23.4 Å². The van der Waals surface area contributed by atoms with Gasteiger partial charge in [0, 0.05) is 34.1 Å². The lowest BCUT2D eigenvalue weighted by molar-refractivity contribution is -0.116. The van der Waals surface area contributed by atoms with E-state index in [1.807, 2.05) is 44.2 Å². The summed E-state index contributed by atoms with van der Waals surface area (Å²) in [6.07, 6.45) is 0.442. The zero-order chi connectivity index (χ0) is 19.4. The molecular weight excluding hydrogens is 343 g/mol. The van der Waals surface area contributed by atoms with Crippen LogP contribution in [0.1, 0.15) is 30.6 Å². The van der Waals surface area contributed by atoms with E-state index in [-0.39, 0.29) is 17.7 Å². The topological polar surface area (TPSA) is 58.2 Å². The summed E-state index contributed by atoms with van der Waals surface area (Å²) in [7, 11) is 0. The minimum atomic E-state index is -0.390. The highest BCUT2D eigenvalue weighted by atomic mass is 19.1. The molecule has 0 bridgehead atoms. The summed E-state index contributed by atoms with van der Waals surface area (Å²) in [5.74, 6) is -0.487. The van der Waals surface area contributed by atoms with Crippen molar-refractivity contribution in [2.45, 2.75) is 20.3 Å². The summed E-state index contributed by atoms with van der Waals surface area (Å²) in [5.41, 5.74) is 1.70. The standard InChI is InChI=1S/C22H21FN2O2/c1-14(2)13-21(26)24-19-7-3-6-18-17(19)5-4-8-20(18)25-22(27)15-9-11-16(23)12-10-15/h3-12,14H,13H2,1-2H3,(H,24,26)(H,25,27). The molecule has 4 nitrogen and oxygen atoms in total. The third kappa shape index (κ3) is 4.50. The van der Waals surface area contributed by atoms with Gasteiger partial charge in [-0.1, -0.05) is 38.1 Å². The van der Waals surface area contributed by atoms with Crippen LogP contribution in [0.3, 0.4) is 0 Å². The molecular formula is C22H21FN2O2. The smallest absolute Gasteiger partial charge is 0.255 e. The van der Waals surface area contributed by atoms with Crippen LogP contribution in [-0.4, -0.2) is 11.8 Å². The fourth-order valence-corrected chi connectivity index (χ4v) is 2.90. The molecule has 0 saturated carbocycles. The molecule has 3 aromatic carbocycles. The van der Waals surface area contributed by atoms with Gasteiger partial charge in [-0.25, -0.2) is 4.39 Å². The van der Waals surface area contributed by atoms with Gasteiger partial charge in [-0.2, -0.15) is 0 Å². The van der Waals surface area contributed by atoms with E-state index in [9.17, 15) is 14.0 Å². The largest absolute Gasteiger partial charge is 0.326 e. The number of amides is 2. The van der Waals surface area contributed by atoms with Crippen LogP contribution in [0.4, 0.5) is 15.8 Å². The van der Waals surface area contributed by atoms with Crippen molar-refractivity contribution in [3.8, 4) is 0 Å². The zero-order valence-electron chi connectivity index (χ0n) is 15.3. The Kier molecular flexibility index (Phi) is 5.50. The molecule has 3 aromatic rings. The fourth-order valence-electron chi connectivity index (χ4n) is 2.90. The predicted octanol–water partition coefficient (Wildman–Crippen LogP) is 5.22. The molecule has 27 heavy (non-hydrogen) atoms. The number of nitrogens with one attached hydrogen (secondary N) is 2. The van der Waals surface area contributed by atoms with Gasteiger partial charge in [-0.3, -0.25) is 9.59 Å². The minimum Gasteiger partial charge on any atom is -0.326 e. The lowest BCUT2D eigenvalue weighted by atomic mass is 10.1. The molecule has 0 aromatic heterocycles. The number of carbonyl (C=O) groups is 2. The monoisotopic (exact) mass is 364 g/mol. The highest BCUT2D eigenvalue weighted by Gasteiger charge is 2.12. The van der Waals surface area contributed by atoms with Gasteiger partial charge in [-0.05, 0) is 42.3 Å². The normalized spacial score (nSPS) is 10.8. The Morgan fingerprint density at radius 2 is 1.41 bits per heavy atom. The first kappa shape index (κ1) is 18.6. The SMILES string of the molecule is CC(C)CC(=O)Nc1cccc2c(NC(=O)c3ccc(F)cc3)cccc12. The van der Waals surface area contributed by atoms with Crippen LogP contribution in [-0.2, 0) is 4.79 Å². The Bertz CT molecular complexity index is 981. The summed E-state index contributed by atoms with van der Waals surface area (Å²) in [6.45, 7) is 3.98. The molecule has 0 heterocycles. The van der Waals surface area contributed by atoms with Crippen LogP contribution in [0.25, 0.3) is 10.8 Å². The van der Waals surface area contributed by atoms with Crippen molar-refractivity contribution in [2.24, 2.45) is 5.92 Å². The van der Waals surface area contributed by atoms with Gasteiger partial charge in [0.1, 0.15) is 5.82 Å². The van der Waals surface area contributed by atoms with Crippen LogP contribution < -0.4 is 10.6 Å². The number of benzene rings is 3. The summed E-state index contributed by atoms with van der Waals surface area (Å²) in [5, 5.41) is 7.46. The van der Waals surface area contributed by atoms with E-state index in [1.165, 1.54) is 24.3 Å². The second-order valence-corrected chi connectivity index (χ2v) is 6.81. The van der Waals surface area contributed by atoms with Crippen molar-refractivity contribution in [3.63, 3.8) is 0 Å². The van der Waals surface area contributed by atoms with E-state index >= 15 is 0 Å². The number of anilines is 2. The second-order valence-electron chi connectivity index (χ2n) is 6.81. The van der Waals surface area contributed by atoms with Crippen molar-refractivity contribution in [1.82, 2.24) is 0 Å². The predicted molar refractivity (Wildman–Crippen MR) is 106 cm³/mol. The van der Waals surface area contributed by atoms with E-state index in [1.54, 1.807) is 6.07 Å². The van der Waals surface area contributed by atoms with E-state index in [2.05, 4.69) is 10.6 Å². The molecule has 3 rings (SSSR count). The molecule has 0 atom stereocenters. The van der Waals surface area contributed by atoms with Crippen molar-refractivity contribution >= 4 is 34.0 Å². The van der Waals surface area contributed by atoms with Gasteiger partial charge in [-0.15, -0.1) is 0 Å². The maximum Gasteiger partial charge on any atom is 0.255 e. The quantitative estimate of drug-likeness (QED) is 0.652. The second kappa shape index (κ2) is 7.99. The van der Waals surface area contributed by atoms with Gasteiger partial charge >= 0.3 is 0 Å². The van der Waals surface area contributed by atoms with Crippen LogP contribution in [0, 0.1) is 11.7 Å². The number of carbonyl (C=O) groups excluding carboxylic acids is 2. The number of hydrogen-bond donors (Lipinski definition) is 2. The zero-order valence-corrected chi connectivity index (χ0v) is 15.3. The summed E-state index contributed by atoms with van der Waals surface area (Å²) >= 11 is 0. The lowest BCUT2D eigenvalue weighted by Crippen LogP contribution is -2.14. The Morgan fingerprint density at radius 1 is 0.852 bits per heavy atom. The van der Waals surface area contributed by atoms with E-state index < -0.39 is 5.82 Å². The lowest BCUT2D eigenvalue weighted by Gasteiger charge is -2.13. The molecule has 5 heteroatoms. The van der Waals surface area contributed by atoms with Gasteiger partial charge in [0.2, 0.25) is 5.91 Å². The molecule has 2 amide bonds. The number of halogens is 1. The molecule has 0 radical (unpaired) electrons. The first-order chi connectivity index (χ1) is 12.9. The van der Waals surface area contributed by atoms with Crippen LogP contribution in [0.2, 0.25) is 0 Å². The third-order valence-electron chi connectivity index (χ3n) is 4.14. The van der Waals surface area contributed by atoms with Gasteiger partial charge in [0.25, 0.3) is 5.91 Å². The van der Waals surface area contributed by atoms with Crippen LogP contribution >= 0.6 is 0 Å². The van der Waals surface area contributed by atoms with Gasteiger partial charge in [0.05, 0.1) is 0 Å². The van der Waals surface area contributed by atoms with Crippen molar-refractivity contribution in [1.29, 1.82) is 0 Å². The highest BCUT2D eigenvalue weighted by molar-refractivity contribution is 6.12. The molecule has 138 valence electrons. The van der Waals surface area contributed by atoms with Gasteiger partial charge in [0.15, 0.2) is 0 Å². The average Bonchev–Trinajstić information content (AvgIpc) is 2.62. The Balaban J connectivity index is 1.89.